The molecule has 0 radical (unpaired) electrons. The highest BCUT2D eigenvalue weighted by molar-refractivity contribution is 5.92. The lowest BCUT2D eigenvalue weighted by Crippen LogP contribution is -2.34. The molecule has 0 aromatic heterocycles. The molecule has 1 saturated carbocycles. The summed E-state index contributed by atoms with van der Waals surface area (Å²) < 4.78 is 5.15. The van der Waals surface area contributed by atoms with Gasteiger partial charge in [0.25, 0.3) is 0 Å². The minimum absolute atomic E-state index is 0.00152. The first-order valence-electron chi connectivity index (χ1n) is 6.81. The summed E-state index contributed by atoms with van der Waals surface area (Å²) in [4.78, 5) is 25.0. The second kappa shape index (κ2) is 6.41. The van der Waals surface area contributed by atoms with Gasteiger partial charge in [0.1, 0.15) is 5.75 Å². The maximum Gasteiger partial charge on any atom is 0.223 e. The molecule has 1 aliphatic rings. The van der Waals surface area contributed by atoms with E-state index in [1.807, 2.05) is 18.2 Å². The van der Waals surface area contributed by atoms with Crippen molar-refractivity contribution in [3.63, 3.8) is 0 Å². The Bertz CT molecular complexity index is 498. The summed E-state index contributed by atoms with van der Waals surface area (Å²) in [6.07, 6.45) is 2.45. The van der Waals surface area contributed by atoms with Crippen LogP contribution in [0.3, 0.4) is 0 Å². The van der Waals surface area contributed by atoms with E-state index in [0.29, 0.717) is 24.8 Å². The standard InChI is InChI=1S/C15H20N2O3/c1-11(18)17(9-8-15(19)16-12-6-7-12)13-4-3-5-14(10-13)20-2/h3-5,10,12H,6-9H2,1-2H3,(H,16,19). The number of methoxy groups -OCH3 is 1. The lowest BCUT2D eigenvalue weighted by atomic mass is 10.2. The summed E-state index contributed by atoms with van der Waals surface area (Å²) in [5.41, 5.74) is 0.746. The molecule has 1 aromatic carbocycles. The minimum atomic E-state index is -0.0857. The molecule has 2 rings (SSSR count). The van der Waals surface area contributed by atoms with E-state index < -0.39 is 0 Å². The summed E-state index contributed by atoms with van der Waals surface area (Å²) in [5.74, 6) is 0.607. The minimum Gasteiger partial charge on any atom is -0.497 e. The fourth-order valence-electron chi connectivity index (χ4n) is 1.99. The summed E-state index contributed by atoms with van der Waals surface area (Å²) in [6.45, 7) is 1.87. The Kier molecular flexibility index (Phi) is 4.61. The molecule has 0 aliphatic heterocycles. The van der Waals surface area contributed by atoms with Gasteiger partial charge < -0.3 is 15.0 Å². The van der Waals surface area contributed by atoms with E-state index in [-0.39, 0.29) is 11.8 Å². The van der Waals surface area contributed by atoms with E-state index in [2.05, 4.69) is 5.32 Å². The number of rotatable bonds is 6. The third-order valence-corrected chi connectivity index (χ3v) is 3.25. The van der Waals surface area contributed by atoms with E-state index in [0.717, 1.165) is 18.5 Å². The zero-order valence-electron chi connectivity index (χ0n) is 11.9. The van der Waals surface area contributed by atoms with Crippen molar-refractivity contribution >= 4 is 17.5 Å². The van der Waals surface area contributed by atoms with Crippen LogP contribution in [0.4, 0.5) is 5.69 Å². The topological polar surface area (TPSA) is 58.6 Å². The Balaban J connectivity index is 1.98. The number of carbonyl (C=O) groups excluding carboxylic acids is 2. The van der Waals surface area contributed by atoms with Crippen molar-refractivity contribution in [3.8, 4) is 5.75 Å². The third kappa shape index (κ3) is 3.98. The molecule has 2 amide bonds. The molecule has 1 aromatic rings. The van der Waals surface area contributed by atoms with Crippen molar-refractivity contribution in [1.29, 1.82) is 0 Å². The summed E-state index contributed by atoms with van der Waals surface area (Å²) >= 11 is 0. The summed E-state index contributed by atoms with van der Waals surface area (Å²) in [5, 5.41) is 2.92. The molecule has 0 heterocycles. The van der Waals surface area contributed by atoms with Crippen LogP contribution in [0.2, 0.25) is 0 Å². The molecule has 0 unspecified atom stereocenters. The molecular formula is C15H20N2O3. The second-order valence-corrected chi connectivity index (χ2v) is 4.96. The van der Waals surface area contributed by atoms with E-state index >= 15 is 0 Å². The lowest BCUT2D eigenvalue weighted by molar-refractivity contribution is -0.121. The van der Waals surface area contributed by atoms with Crippen LogP contribution in [-0.4, -0.2) is 31.5 Å². The van der Waals surface area contributed by atoms with Crippen molar-refractivity contribution in [3.05, 3.63) is 24.3 Å². The largest absolute Gasteiger partial charge is 0.497 e. The molecule has 0 spiro atoms. The first-order chi connectivity index (χ1) is 9.60. The molecule has 1 aliphatic carbocycles. The van der Waals surface area contributed by atoms with Gasteiger partial charge in [-0.3, -0.25) is 9.59 Å². The predicted octanol–water partition coefficient (Wildman–Crippen LogP) is 1.72. The Labute approximate surface area is 118 Å². The van der Waals surface area contributed by atoms with Crippen LogP contribution < -0.4 is 15.0 Å². The van der Waals surface area contributed by atoms with Gasteiger partial charge in [-0.2, -0.15) is 0 Å². The Morgan fingerprint density at radius 3 is 2.75 bits per heavy atom. The quantitative estimate of drug-likeness (QED) is 0.860. The van der Waals surface area contributed by atoms with Crippen LogP contribution in [0.5, 0.6) is 5.75 Å². The SMILES string of the molecule is COc1cccc(N(CCC(=O)NC2CC2)C(C)=O)c1. The van der Waals surface area contributed by atoms with E-state index in [9.17, 15) is 9.59 Å². The highest BCUT2D eigenvalue weighted by atomic mass is 16.5. The van der Waals surface area contributed by atoms with Crippen LogP contribution in [0.25, 0.3) is 0 Å². The molecular weight excluding hydrogens is 256 g/mol. The van der Waals surface area contributed by atoms with Gasteiger partial charge in [-0.1, -0.05) is 6.07 Å². The van der Waals surface area contributed by atoms with Crippen molar-refractivity contribution < 1.29 is 14.3 Å². The van der Waals surface area contributed by atoms with Gasteiger partial charge in [0.2, 0.25) is 11.8 Å². The second-order valence-electron chi connectivity index (χ2n) is 4.96. The molecule has 1 fully saturated rings. The smallest absolute Gasteiger partial charge is 0.223 e. The highest BCUT2D eigenvalue weighted by Crippen LogP contribution is 2.22. The summed E-state index contributed by atoms with van der Waals surface area (Å²) in [7, 11) is 1.58. The first-order valence-corrected chi connectivity index (χ1v) is 6.81. The van der Waals surface area contributed by atoms with Crippen molar-refractivity contribution in [2.45, 2.75) is 32.2 Å². The fraction of sp³-hybridized carbons (Fsp3) is 0.467. The van der Waals surface area contributed by atoms with Crippen molar-refractivity contribution in [2.75, 3.05) is 18.6 Å². The average Bonchev–Trinajstić information content (AvgIpc) is 3.22. The molecule has 0 bridgehead atoms. The molecule has 5 nitrogen and oxygen atoms in total. The number of benzene rings is 1. The lowest BCUT2D eigenvalue weighted by Gasteiger charge is -2.21. The highest BCUT2D eigenvalue weighted by Gasteiger charge is 2.23. The van der Waals surface area contributed by atoms with Crippen molar-refractivity contribution in [2.24, 2.45) is 0 Å². The van der Waals surface area contributed by atoms with Crippen LogP contribution in [0.15, 0.2) is 24.3 Å². The van der Waals surface area contributed by atoms with Crippen molar-refractivity contribution in [1.82, 2.24) is 5.32 Å². The fourth-order valence-corrected chi connectivity index (χ4v) is 1.99. The molecule has 0 saturated heterocycles. The zero-order chi connectivity index (χ0) is 14.5. The van der Waals surface area contributed by atoms with E-state index in [1.54, 1.807) is 18.1 Å². The molecule has 108 valence electrons. The number of hydrogen-bond donors (Lipinski definition) is 1. The molecule has 20 heavy (non-hydrogen) atoms. The number of carbonyl (C=O) groups is 2. The average molecular weight is 276 g/mol. The van der Waals surface area contributed by atoms with Crippen LogP contribution in [0, 0.1) is 0 Å². The van der Waals surface area contributed by atoms with Gasteiger partial charge >= 0.3 is 0 Å². The predicted molar refractivity (Wildman–Crippen MR) is 76.8 cm³/mol. The number of anilines is 1. The Morgan fingerprint density at radius 2 is 2.15 bits per heavy atom. The van der Waals surface area contributed by atoms with Crippen LogP contribution >= 0.6 is 0 Å². The third-order valence-electron chi connectivity index (χ3n) is 3.25. The number of nitrogens with zero attached hydrogens (tertiary/aromatic N) is 1. The van der Waals surface area contributed by atoms with Gasteiger partial charge in [0, 0.05) is 37.7 Å². The molecule has 5 heteroatoms. The van der Waals surface area contributed by atoms with E-state index in [1.165, 1.54) is 6.92 Å². The normalized spacial score (nSPS) is 13.7. The number of ether oxygens (including phenoxy) is 1. The molecule has 1 N–H and O–H groups in total. The first kappa shape index (κ1) is 14.4. The van der Waals surface area contributed by atoms with Gasteiger partial charge in [-0.25, -0.2) is 0 Å². The van der Waals surface area contributed by atoms with Gasteiger partial charge in [0.15, 0.2) is 0 Å². The molecule has 0 atom stereocenters. The zero-order valence-corrected chi connectivity index (χ0v) is 11.9. The van der Waals surface area contributed by atoms with Gasteiger partial charge in [0.05, 0.1) is 7.11 Å². The van der Waals surface area contributed by atoms with E-state index in [4.69, 9.17) is 4.74 Å². The number of amides is 2. The Hall–Kier alpha value is -2.04. The maximum absolute atomic E-state index is 11.7. The van der Waals surface area contributed by atoms with Gasteiger partial charge in [-0.15, -0.1) is 0 Å². The van der Waals surface area contributed by atoms with Crippen LogP contribution in [-0.2, 0) is 9.59 Å². The number of hydrogen-bond acceptors (Lipinski definition) is 3. The van der Waals surface area contributed by atoms with Gasteiger partial charge in [-0.05, 0) is 25.0 Å². The summed E-state index contributed by atoms with van der Waals surface area (Å²) in [6, 6.07) is 7.63. The maximum atomic E-state index is 11.7. The van der Waals surface area contributed by atoms with Crippen LogP contribution in [0.1, 0.15) is 26.2 Å². The monoisotopic (exact) mass is 276 g/mol. The Morgan fingerprint density at radius 1 is 1.40 bits per heavy atom. The number of nitrogens with one attached hydrogen (secondary N) is 1.